The zero-order valence-corrected chi connectivity index (χ0v) is 17.0. The van der Waals surface area contributed by atoms with Gasteiger partial charge in [-0.15, -0.1) is 11.3 Å². The number of carbonyl (C=O) groups is 1. The predicted octanol–water partition coefficient (Wildman–Crippen LogP) is 3.75. The molecule has 5 nitrogen and oxygen atoms in total. The Hall–Kier alpha value is -2.18. The maximum absolute atomic E-state index is 12.7. The van der Waals surface area contributed by atoms with Gasteiger partial charge in [-0.1, -0.05) is 12.1 Å². The summed E-state index contributed by atoms with van der Waals surface area (Å²) in [5, 5.41) is 3.08. The van der Waals surface area contributed by atoms with Crippen molar-refractivity contribution >= 4 is 22.2 Å². The number of aromatic nitrogens is 2. The number of imidazole rings is 1. The number of aryl methyl sites for hydroxylation is 2. The molecule has 0 saturated carbocycles. The number of nitrogens with one attached hydrogen (secondary N) is 1. The number of hydrogen-bond acceptors (Lipinski definition) is 4. The van der Waals surface area contributed by atoms with Gasteiger partial charge in [-0.3, -0.25) is 9.20 Å². The molecule has 1 saturated heterocycles. The van der Waals surface area contributed by atoms with Crippen molar-refractivity contribution in [3.05, 3.63) is 57.9 Å². The standard InChI is InChI=1S/C21H26N4OS/c1-14-12-25-19(15(2)23-21(25)27-14)11-22-20(26)17-7-4-6-16(10-17)18-8-5-9-24(3)13-18/h4,6-7,10,12,18H,5,8-9,11,13H2,1-3H3,(H,22,26). The molecule has 4 rings (SSSR count). The Balaban J connectivity index is 1.48. The number of carbonyl (C=O) groups excluding carboxylic acids is 1. The molecule has 1 fully saturated rings. The lowest BCUT2D eigenvalue weighted by atomic mass is 9.90. The molecule has 0 radical (unpaired) electrons. The van der Waals surface area contributed by atoms with E-state index in [4.69, 9.17) is 0 Å². The van der Waals surface area contributed by atoms with Crippen molar-refractivity contribution in [2.45, 2.75) is 39.2 Å². The van der Waals surface area contributed by atoms with Gasteiger partial charge in [-0.2, -0.15) is 0 Å². The number of thiazole rings is 1. The van der Waals surface area contributed by atoms with Gasteiger partial charge in [0.15, 0.2) is 4.96 Å². The lowest BCUT2D eigenvalue weighted by Crippen LogP contribution is -2.31. The number of rotatable bonds is 4. The minimum atomic E-state index is -0.0256. The van der Waals surface area contributed by atoms with E-state index in [2.05, 4.69) is 51.9 Å². The number of fused-ring (bicyclic) bond motifs is 1. The number of hydrogen-bond donors (Lipinski definition) is 1. The van der Waals surface area contributed by atoms with E-state index in [9.17, 15) is 4.79 Å². The highest BCUT2D eigenvalue weighted by Gasteiger charge is 2.20. The molecular formula is C21H26N4OS. The average molecular weight is 383 g/mol. The minimum Gasteiger partial charge on any atom is -0.346 e. The van der Waals surface area contributed by atoms with E-state index in [0.717, 1.165) is 35.0 Å². The van der Waals surface area contributed by atoms with E-state index in [-0.39, 0.29) is 5.91 Å². The molecule has 142 valence electrons. The van der Waals surface area contributed by atoms with Gasteiger partial charge >= 0.3 is 0 Å². The van der Waals surface area contributed by atoms with Gasteiger partial charge in [-0.05, 0) is 63.9 Å². The molecule has 0 bridgehead atoms. The van der Waals surface area contributed by atoms with E-state index in [1.54, 1.807) is 11.3 Å². The maximum atomic E-state index is 12.7. The summed E-state index contributed by atoms with van der Waals surface area (Å²) in [6.45, 7) is 6.79. The van der Waals surface area contributed by atoms with E-state index >= 15 is 0 Å². The van der Waals surface area contributed by atoms with Crippen LogP contribution in [-0.2, 0) is 6.54 Å². The third kappa shape index (κ3) is 3.77. The highest BCUT2D eigenvalue weighted by molar-refractivity contribution is 7.17. The van der Waals surface area contributed by atoms with Gasteiger partial charge in [0.2, 0.25) is 0 Å². The Bertz CT molecular complexity index is 974. The van der Waals surface area contributed by atoms with Crippen molar-refractivity contribution in [2.75, 3.05) is 20.1 Å². The molecule has 1 unspecified atom stereocenters. The first kappa shape index (κ1) is 18.2. The number of amides is 1. The van der Waals surface area contributed by atoms with Crippen LogP contribution in [0, 0.1) is 13.8 Å². The van der Waals surface area contributed by atoms with Crippen molar-refractivity contribution in [2.24, 2.45) is 0 Å². The van der Waals surface area contributed by atoms with Crippen LogP contribution < -0.4 is 5.32 Å². The fourth-order valence-corrected chi connectivity index (χ4v) is 4.85. The van der Waals surface area contributed by atoms with Gasteiger partial charge in [0.1, 0.15) is 0 Å². The number of likely N-dealkylation sites (tertiary alicyclic amines) is 1. The monoisotopic (exact) mass is 382 g/mol. The molecule has 3 aromatic rings. The van der Waals surface area contributed by atoms with Gasteiger partial charge < -0.3 is 10.2 Å². The Morgan fingerprint density at radius 1 is 1.37 bits per heavy atom. The summed E-state index contributed by atoms with van der Waals surface area (Å²) in [6, 6.07) is 8.12. The zero-order chi connectivity index (χ0) is 19.0. The molecule has 6 heteroatoms. The molecule has 1 N–H and O–H groups in total. The third-order valence-corrected chi connectivity index (χ3v) is 6.30. The van der Waals surface area contributed by atoms with Crippen molar-refractivity contribution in [3.63, 3.8) is 0 Å². The zero-order valence-electron chi connectivity index (χ0n) is 16.2. The van der Waals surface area contributed by atoms with Gasteiger partial charge in [-0.25, -0.2) is 4.98 Å². The molecule has 3 heterocycles. The topological polar surface area (TPSA) is 49.6 Å². The molecule has 1 aliphatic heterocycles. The summed E-state index contributed by atoms with van der Waals surface area (Å²) in [4.78, 5) is 21.9. The smallest absolute Gasteiger partial charge is 0.251 e. The minimum absolute atomic E-state index is 0.0256. The van der Waals surface area contributed by atoms with Crippen LogP contribution >= 0.6 is 11.3 Å². The van der Waals surface area contributed by atoms with E-state index in [0.29, 0.717) is 12.5 Å². The summed E-state index contributed by atoms with van der Waals surface area (Å²) >= 11 is 1.67. The van der Waals surface area contributed by atoms with Crippen LogP contribution in [0.15, 0.2) is 30.5 Å². The fraction of sp³-hybridized carbons (Fsp3) is 0.429. The first-order chi connectivity index (χ1) is 13.0. The second-order valence-corrected chi connectivity index (χ2v) is 8.76. The maximum Gasteiger partial charge on any atom is 0.251 e. The number of benzene rings is 1. The van der Waals surface area contributed by atoms with Gasteiger partial charge in [0.05, 0.1) is 17.9 Å². The molecular weight excluding hydrogens is 356 g/mol. The van der Waals surface area contributed by atoms with Crippen LogP contribution in [0.5, 0.6) is 0 Å². The van der Waals surface area contributed by atoms with Crippen LogP contribution in [0.1, 0.15) is 50.9 Å². The van der Waals surface area contributed by atoms with E-state index in [1.165, 1.54) is 23.3 Å². The van der Waals surface area contributed by atoms with Crippen molar-refractivity contribution < 1.29 is 4.79 Å². The summed E-state index contributed by atoms with van der Waals surface area (Å²) in [5.41, 5.74) is 4.03. The van der Waals surface area contributed by atoms with Crippen LogP contribution in [-0.4, -0.2) is 40.3 Å². The SMILES string of the molecule is Cc1cn2c(CNC(=O)c3cccc(C4CCCN(C)C4)c3)c(C)nc2s1. The molecule has 0 aliphatic carbocycles. The number of piperidine rings is 1. The molecule has 1 atom stereocenters. The number of nitrogens with zero attached hydrogens (tertiary/aromatic N) is 3. The Morgan fingerprint density at radius 2 is 2.22 bits per heavy atom. The molecule has 27 heavy (non-hydrogen) atoms. The van der Waals surface area contributed by atoms with Crippen molar-refractivity contribution in [1.82, 2.24) is 19.6 Å². The average Bonchev–Trinajstić information content (AvgIpc) is 3.14. The normalized spacial score (nSPS) is 18.1. The highest BCUT2D eigenvalue weighted by Crippen LogP contribution is 2.27. The van der Waals surface area contributed by atoms with Crippen LogP contribution in [0.3, 0.4) is 0 Å². The summed E-state index contributed by atoms with van der Waals surface area (Å²) in [5.74, 6) is 0.490. The second-order valence-electron chi connectivity index (χ2n) is 7.55. The molecule has 2 aromatic heterocycles. The summed E-state index contributed by atoms with van der Waals surface area (Å²) in [6.07, 6.45) is 4.50. The Labute approximate surface area is 164 Å². The molecule has 1 aliphatic rings. The molecule has 0 spiro atoms. The largest absolute Gasteiger partial charge is 0.346 e. The van der Waals surface area contributed by atoms with Crippen LogP contribution in [0.25, 0.3) is 4.96 Å². The fourth-order valence-electron chi connectivity index (χ4n) is 3.96. The lowest BCUT2D eigenvalue weighted by Gasteiger charge is -2.30. The first-order valence-corrected chi connectivity index (χ1v) is 10.3. The molecule has 1 aromatic carbocycles. The quantitative estimate of drug-likeness (QED) is 0.748. The van der Waals surface area contributed by atoms with Gasteiger partial charge in [0.25, 0.3) is 5.91 Å². The lowest BCUT2D eigenvalue weighted by molar-refractivity contribution is 0.0950. The Morgan fingerprint density at radius 3 is 3.04 bits per heavy atom. The molecule has 1 amide bonds. The van der Waals surface area contributed by atoms with Crippen molar-refractivity contribution in [3.8, 4) is 0 Å². The Kier molecular flexibility index (Phi) is 5.02. The van der Waals surface area contributed by atoms with Crippen LogP contribution in [0.2, 0.25) is 0 Å². The predicted molar refractivity (Wildman–Crippen MR) is 110 cm³/mol. The first-order valence-electron chi connectivity index (χ1n) is 9.52. The number of likely N-dealkylation sites (N-methyl/N-ethyl adjacent to an activating group) is 1. The highest BCUT2D eigenvalue weighted by atomic mass is 32.1. The summed E-state index contributed by atoms with van der Waals surface area (Å²) < 4.78 is 2.09. The van der Waals surface area contributed by atoms with E-state index < -0.39 is 0 Å². The summed E-state index contributed by atoms with van der Waals surface area (Å²) in [7, 11) is 2.17. The van der Waals surface area contributed by atoms with Crippen molar-refractivity contribution in [1.29, 1.82) is 0 Å². The van der Waals surface area contributed by atoms with E-state index in [1.807, 2.05) is 19.1 Å². The van der Waals surface area contributed by atoms with Gasteiger partial charge in [0, 0.05) is 23.2 Å². The third-order valence-electron chi connectivity index (χ3n) is 5.40. The van der Waals surface area contributed by atoms with Crippen LogP contribution in [0.4, 0.5) is 0 Å². The second kappa shape index (κ2) is 7.44.